The van der Waals surface area contributed by atoms with Crippen LogP contribution in [0.15, 0.2) is 26.7 Å². The fourth-order valence-corrected chi connectivity index (χ4v) is 5.13. The van der Waals surface area contributed by atoms with E-state index >= 15 is 0 Å². The minimum absolute atomic E-state index is 0.0594. The lowest BCUT2D eigenvalue weighted by Crippen LogP contribution is -2.20. The second kappa shape index (κ2) is 14.1. The van der Waals surface area contributed by atoms with E-state index < -0.39 is 0 Å². The number of phenolic OH excluding ortho intramolecular Hbond substituents is 2. The van der Waals surface area contributed by atoms with Gasteiger partial charge < -0.3 is 20.8 Å². The summed E-state index contributed by atoms with van der Waals surface area (Å²) >= 11 is 2.55. The van der Waals surface area contributed by atoms with Crippen molar-refractivity contribution in [1.29, 1.82) is 0 Å². The maximum atomic E-state index is 12.5. The topological polar surface area (TPSA) is 112 Å². The van der Waals surface area contributed by atoms with Gasteiger partial charge in [-0.3, -0.25) is 9.59 Å². The number of nitrogens with one attached hydrogen (secondary N) is 2. The predicted octanol–water partition coefficient (Wildman–Crippen LogP) is 5.71. The van der Waals surface area contributed by atoms with Crippen LogP contribution in [0.5, 0.6) is 11.5 Å². The first-order chi connectivity index (χ1) is 15.8. The molecule has 0 aliphatic rings. The summed E-state index contributed by atoms with van der Waals surface area (Å²) in [6, 6.07) is 2.77. The Balaban J connectivity index is 1.87. The molecule has 0 aliphatic heterocycles. The largest absolute Gasteiger partial charge is 0.507 e. The van der Waals surface area contributed by atoms with Crippen LogP contribution in [-0.2, 0) is 16.0 Å². The average Bonchev–Trinajstić information content (AvgIpc) is 3.22. The van der Waals surface area contributed by atoms with Crippen molar-refractivity contribution in [2.75, 3.05) is 12.4 Å². The van der Waals surface area contributed by atoms with E-state index in [9.17, 15) is 19.8 Å². The first kappa shape index (κ1) is 27.0. The van der Waals surface area contributed by atoms with Crippen molar-refractivity contribution in [1.82, 2.24) is 10.3 Å². The number of rotatable bonds is 14. The van der Waals surface area contributed by atoms with Gasteiger partial charge in [0, 0.05) is 24.4 Å². The number of hydrogen-bond donors (Lipinski definition) is 4. The number of carbonyl (C=O) groups excluding carboxylic acids is 2. The molecule has 1 atom stereocenters. The SMILES string of the molecule is CCCCCCCCCC(C)C(=O)Nc1cc(O)c(Sc2nc(CC(=O)NC)cs2)cc1O. The molecular formula is C24H35N3O4S2. The molecule has 0 bridgehead atoms. The Morgan fingerprint density at radius 3 is 2.48 bits per heavy atom. The van der Waals surface area contributed by atoms with Gasteiger partial charge in [-0.1, -0.05) is 70.6 Å². The summed E-state index contributed by atoms with van der Waals surface area (Å²) in [5.41, 5.74) is 0.831. The van der Waals surface area contributed by atoms with E-state index in [4.69, 9.17) is 0 Å². The van der Waals surface area contributed by atoms with Crippen molar-refractivity contribution in [2.45, 2.75) is 80.9 Å². The molecule has 2 aromatic rings. The summed E-state index contributed by atoms with van der Waals surface area (Å²) in [5.74, 6) is -0.649. The number of aromatic hydroxyl groups is 2. The van der Waals surface area contributed by atoms with Crippen LogP contribution in [0.4, 0.5) is 5.69 Å². The summed E-state index contributed by atoms with van der Waals surface area (Å²) in [6.07, 6.45) is 9.37. The Hall–Kier alpha value is -2.26. The number of benzene rings is 1. The summed E-state index contributed by atoms with van der Waals surface area (Å²) in [4.78, 5) is 28.8. The summed E-state index contributed by atoms with van der Waals surface area (Å²) < 4.78 is 0.642. The molecule has 0 saturated carbocycles. The van der Waals surface area contributed by atoms with Gasteiger partial charge in [0.15, 0.2) is 4.34 Å². The molecular weight excluding hydrogens is 458 g/mol. The fourth-order valence-electron chi connectivity index (χ4n) is 3.30. The molecule has 4 N–H and O–H groups in total. The highest BCUT2D eigenvalue weighted by Crippen LogP contribution is 2.41. The number of unbranched alkanes of at least 4 members (excludes halogenated alkanes) is 6. The molecule has 9 heteroatoms. The third-order valence-electron chi connectivity index (χ3n) is 5.37. The Morgan fingerprint density at radius 2 is 1.79 bits per heavy atom. The second-order valence-corrected chi connectivity index (χ2v) is 10.3. The Morgan fingerprint density at radius 1 is 1.09 bits per heavy atom. The number of carbonyl (C=O) groups is 2. The van der Waals surface area contributed by atoms with Gasteiger partial charge in [-0.25, -0.2) is 4.98 Å². The molecule has 1 heterocycles. The van der Waals surface area contributed by atoms with Gasteiger partial charge in [-0.15, -0.1) is 11.3 Å². The van der Waals surface area contributed by atoms with Crippen molar-refractivity contribution in [3.05, 3.63) is 23.2 Å². The highest BCUT2D eigenvalue weighted by atomic mass is 32.2. The molecule has 0 radical (unpaired) electrons. The molecule has 0 spiro atoms. The lowest BCUT2D eigenvalue weighted by atomic mass is 10.0. The first-order valence-electron chi connectivity index (χ1n) is 11.5. The van der Waals surface area contributed by atoms with E-state index in [-0.39, 0.29) is 41.3 Å². The van der Waals surface area contributed by atoms with Gasteiger partial charge in [-0.05, 0) is 12.5 Å². The number of amides is 2. The smallest absolute Gasteiger partial charge is 0.227 e. The zero-order chi connectivity index (χ0) is 24.2. The van der Waals surface area contributed by atoms with Crippen molar-refractivity contribution in [2.24, 2.45) is 5.92 Å². The van der Waals surface area contributed by atoms with Crippen LogP contribution in [0.25, 0.3) is 0 Å². The number of likely N-dealkylation sites (N-methyl/N-ethyl adjacent to an activating group) is 1. The van der Waals surface area contributed by atoms with Crippen LogP contribution < -0.4 is 10.6 Å². The number of aromatic nitrogens is 1. The van der Waals surface area contributed by atoms with Crippen molar-refractivity contribution in [3.8, 4) is 11.5 Å². The highest BCUT2D eigenvalue weighted by Gasteiger charge is 2.17. The quantitative estimate of drug-likeness (QED) is 0.152. The third-order valence-corrected chi connectivity index (χ3v) is 7.41. The van der Waals surface area contributed by atoms with E-state index in [1.807, 2.05) is 6.92 Å². The summed E-state index contributed by atoms with van der Waals surface area (Å²) in [6.45, 7) is 4.09. The van der Waals surface area contributed by atoms with Gasteiger partial charge in [-0.2, -0.15) is 0 Å². The minimum atomic E-state index is -0.176. The van der Waals surface area contributed by atoms with Crippen LogP contribution in [-0.4, -0.2) is 34.1 Å². The normalized spacial score (nSPS) is 11.8. The summed E-state index contributed by atoms with van der Waals surface area (Å²) in [7, 11) is 1.57. The number of nitrogens with zero attached hydrogens (tertiary/aromatic N) is 1. The fraction of sp³-hybridized carbons (Fsp3) is 0.542. The van der Waals surface area contributed by atoms with Crippen LogP contribution in [0.2, 0.25) is 0 Å². The molecule has 7 nitrogen and oxygen atoms in total. The molecule has 2 rings (SSSR count). The van der Waals surface area contributed by atoms with Gasteiger partial charge in [0.1, 0.15) is 11.5 Å². The zero-order valence-electron chi connectivity index (χ0n) is 19.6. The Bertz CT molecular complexity index is 917. The van der Waals surface area contributed by atoms with Crippen molar-refractivity contribution < 1.29 is 19.8 Å². The van der Waals surface area contributed by atoms with Crippen LogP contribution in [0.3, 0.4) is 0 Å². The van der Waals surface area contributed by atoms with Crippen LogP contribution in [0, 0.1) is 5.92 Å². The number of anilines is 1. The van der Waals surface area contributed by atoms with Crippen LogP contribution >= 0.6 is 23.1 Å². The molecule has 2 amide bonds. The highest BCUT2D eigenvalue weighted by molar-refractivity contribution is 8.01. The van der Waals surface area contributed by atoms with Gasteiger partial charge in [0.05, 0.1) is 22.7 Å². The van der Waals surface area contributed by atoms with E-state index in [2.05, 4.69) is 22.5 Å². The predicted molar refractivity (Wildman–Crippen MR) is 134 cm³/mol. The number of hydrogen-bond acceptors (Lipinski definition) is 7. The standard InChI is InChI=1S/C24H35N3O4S2/c1-4-5-6-7-8-9-10-11-16(2)23(31)27-18-13-20(29)21(14-19(18)28)33-24-26-17(15-32-24)12-22(30)25-3/h13-16,28-29H,4-12H2,1-3H3,(H,25,30)(H,27,31). The van der Waals surface area contributed by atoms with E-state index in [1.165, 1.54) is 67.3 Å². The van der Waals surface area contributed by atoms with Gasteiger partial charge in [0.2, 0.25) is 11.8 Å². The van der Waals surface area contributed by atoms with Gasteiger partial charge in [0.25, 0.3) is 0 Å². The van der Waals surface area contributed by atoms with Gasteiger partial charge >= 0.3 is 0 Å². The minimum Gasteiger partial charge on any atom is -0.507 e. The second-order valence-electron chi connectivity index (χ2n) is 8.19. The number of phenols is 2. The first-order valence-corrected chi connectivity index (χ1v) is 13.2. The molecule has 1 aromatic carbocycles. The van der Waals surface area contributed by atoms with Crippen molar-refractivity contribution in [3.63, 3.8) is 0 Å². The van der Waals surface area contributed by atoms with Crippen molar-refractivity contribution >= 4 is 40.6 Å². The molecule has 1 aromatic heterocycles. The monoisotopic (exact) mass is 493 g/mol. The lowest BCUT2D eigenvalue weighted by molar-refractivity contribution is -0.120. The maximum Gasteiger partial charge on any atom is 0.227 e. The molecule has 1 unspecified atom stereocenters. The molecule has 0 aliphatic carbocycles. The molecule has 0 saturated heterocycles. The van der Waals surface area contributed by atoms with E-state index in [1.54, 1.807) is 12.4 Å². The lowest BCUT2D eigenvalue weighted by Gasteiger charge is -2.14. The average molecular weight is 494 g/mol. The Kier molecular flexibility index (Phi) is 11.5. The van der Waals surface area contributed by atoms with E-state index in [0.29, 0.717) is 14.9 Å². The molecule has 33 heavy (non-hydrogen) atoms. The zero-order valence-corrected chi connectivity index (χ0v) is 21.3. The van der Waals surface area contributed by atoms with Crippen LogP contribution in [0.1, 0.15) is 70.9 Å². The Labute approximate surface area is 204 Å². The third kappa shape index (κ3) is 9.25. The van der Waals surface area contributed by atoms with E-state index in [0.717, 1.165) is 19.3 Å². The molecule has 182 valence electrons. The maximum absolute atomic E-state index is 12.5. The summed E-state index contributed by atoms with van der Waals surface area (Å²) in [5, 5.41) is 27.9. The molecule has 0 fully saturated rings. The number of thiazole rings is 1.